The molecule has 0 aliphatic heterocycles. The first kappa shape index (κ1) is 15.6. The summed E-state index contributed by atoms with van der Waals surface area (Å²) >= 11 is 0. The Morgan fingerprint density at radius 2 is 1.92 bits per heavy atom. The summed E-state index contributed by atoms with van der Waals surface area (Å²) in [6, 6.07) is 14.5. The van der Waals surface area contributed by atoms with Crippen LogP contribution in [0.5, 0.6) is 0 Å². The standard InChI is InChI=1S/C18H16N4O2/c1-12-7-8-13(10-19)9-14(12)20-17(23)11-22-16-6-4-3-5-15(16)21(2)18(22)24/h3-9H,11H2,1-2H3,(H,20,23). The molecule has 0 unspecified atom stereocenters. The van der Waals surface area contributed by atoms with Gasteiger partial charge < -0.3 is 5.32 Å². The Bertz CT molecular complexity index is 1040. The van der Waals surface area contributed by atoms with Gasteiger partial charge in [0.2, 0.25) is 5.91 Å². The molecule has 0 spiro atoms. The van der Waals surface area contributed by atoms with Gasteiger partial charge in [0, 0.05) is 12.7 Å². The van der Waals surface area contributed by atoms with Crippen LogP contribution in [0, 0.1) is 18.3 Å². The average molecular weight is 320 g/mol. The van der Waals surface area contributed by atoms with E-state index in [-0.39, 0.29) is 18.1 Å². The first-order valence-electron chi connectivity index (χ1n) is 7.46. The SMILES string of the molecule is Cc1ccc(C#N)cc1NC(=O)Cn1c(=O)n(C)c2ccccc21. The third-order valence-electron chi connectivity index (χ3n) is 3.99. The van der Waals surface area contributed by atoms with E-state index < -0.39 is 0 Å². The molecular weight excluding hydrogens is 304 g/mol. The number of anilines is 1. The predicted molar refractivity (Wildman–Crippen MR) is 91.7 cm³/mol. The number of imidazole rings is 1. The number of benzene rings is 2. The van der Waals surface area contributed by atoms with Gasteiger partial charge in [0.05, 0.1) is 22.7 Å². The first-order chi connectivity index (χ1) is 11.5. The highest BCUT2D eigenvalue weighted by Gasteiger charge is 2.14. The summed E-state index contributed by atoms with van der Waals surface area (Å²) in [5, 5.41) is 11.7. The quantitative estimate of drug-likeness (QED) is 0.803. The van der Waals surface area contributed by atoms with E-state index >= 15 is 0 Å². The summed E-state index contributed by atoms with van der Waals surface area (Å²) in [6.07, 6.45) is 0. The normalized spacial score (nSPS) is 10.5. The highest BCUT2D eigenvalue weighted by molar-refractivity contribution is 5.92. The number of fused-ring (bicyclic) bond motifs is 1. The number of hydrogen-bond acceptors (Lipinski definition) is 3. The molecule has 1 aromatic heterocycles. The van der Waals surface area contributed by atoms with Gasteiger partial charge >= 0.3 is 5.69 Å². The van der Waals surface area contributed by atoms with Gasteiger partial charge in [0.25, 0.3) is 0 Å². The van der Waals surface area contributed by atoms with Crippen molar-refractivity contribution in [2.24, 2.45) is 7.05 Å². The fourth-order valence-electron chi connectivity index (χ4n) is 2.68. The molecule has 0 aliphatic carbocycles. The summed E-state index contributed by atoms with van der Waals surface area (Å²) in [4.78, 5) is 24.7. The molecule has 0 saturated heterocycles. The molecule has 3 aromatic rings. The second-order valence-electron chi connectivity index (χ2n) is 5.61. The number of nitriles is 1. The Morgan fingerprint density at radius 1 is 1.21 bits per heavy atom. The lowest BCUT2D eigenvalue weighted by molar-refractivity contribution is -0.116. The van der Waals surface area contributed by atoms with E-state index in [1.165, 1.54) is 9.13 Å². The molecular formula is C18H16N4O2. The fourth-order valence-corrected chi connectivity index (χ4v) is 2.68. The largest absolute Gasteiger partial charge is 0.329 e. The van der Waals surface area contributed by atoms with Crippen LogP contribution in [0.25, 0.3) is 11.0 Å². The molecule has 24 heavy (non-hydrogen) atoms. The van der Waals surface area contributed by atoms with E-state index in [1.54, 1.807) is 25.2 Å². The third-order valence-corrected chi connectivity index (χ3v) is 3.99. The van der Waals surface area contributed by atoms with Gasteiger partial charge in [-0.2, -0.15) is 5.26 Å². The molecule has 0 radical (unpaired) electrons. The fraction of sp³-hybridized carbons (Fsp3) is 0.167. The highest BCUT2D eigenvalue weighted by Crippen LogP contribution is 2.17. The smallest absolute Gasteiger partial charge is 0.324 e. The summed E-state index contributed by atoms with van der Waals surface area (Å²) in [5.41, 5.74) is 3.15. The molecule has 1 N–H and O–H groups in total. The number of para-hydroxylation sites is 2. The van der Waals surface area contributed by atoms with Crippen molar-refractivity contribution in [3.8, 4) is 6.07 Å². The van der Waals surface area contributed by atoms with Crippen LogP contribution in [0.2, 0.25) is 0 Å². The maximum atomic E-state index is 12.4. The number of nitrogens with zero attached hydrogens (tertiary/aromatic N) is 3. The van der Waals surface area contributed by atoms with Crippen LogP contribution in [-0.2, 0) is 18.4 Å². The van der Waals surface area contributed by atoms with Crippen LogP contribution < -0.4 is 11.0 Å². The Morgan fingerprint density at radius 3 is 2.62 bits per heavy atom. The Kier molecular flexibility index (Phi) is 3.92. The molecule has 0 atom stereocenters. The lowest BCUT2D eigenvalue weighted by Crippen LogP contribution is -2.28. The van der Waals surface area contributed by atoms with Crippen molar-refractivity contribution < 1.29 is 4.79 Å². The van der Waals surface area contributed by atoms with Crippen LogP contribution >= 0.6 is 0 Å². The van der Waals surface area contributed by atoms with E-state index in [2.05, 4.69) is 5.32 Å². The highest BCUT2D eigenvalue weighted by atomic mass is 16.2. The Balaban J connectivity index is 1.91. The van der Waals surface area contributed by atoms with Gasteiger partial charge in [-0.05, 0) is 36.8 Å². The van der Waals surface area contributed by atoms with E-state index in [4.69, 9.17) is 5.26 Å². The first-order valence-corrected chi connectivity index (χ1v) is 7.46. The molecule has 120 valence electrons. The molecule has 0 saturated carbocycles. The van der Waals surface area contributed by atoms with Crippen LogP contribution in [-0.4, -0.2) is 15.0 Å². The number of carbonyl (C=O) groups excluding carboxylic acids is 1. The van der Waals surface area contributed by atoms with E-state index in [9.17, 15) is 9.59 Å². The van der Waals surface area contributed by atoms with Gasteiger partial charge in [-0.1, -0.05) is 18.2 Å². The molecule has 0 aliphatic rings. The summed E-state index contributed by atoms with van der Waals surface area (Å²) < 4.78 is 2.96. The van der Waals surface area contributed by atoms with Crippen LogP contribution in [0.4, 0.5) is 5.69 Å². The minimum atomic E-state index is -0.313. The van der Waals surface area contributed by atoms with Gasteiger partial charge in [0.1, 0.15) is 6.54 Å². The zero-order valence-electron chi connectivity index (χ0n) is 13.4. The minimum absolute atomic E-state index is 0.0869. The number of carbonyl (C=O) groups is 1. The molecule has 1 amide bonds. The van der Waals surface area contributed by atoms with Crippen LogP contribution in [0.3, 0.4) is 0 Å². The van der Waals surface area contributed by atoms with Gasteiger partial charge in [0.15, 0.2) is 0 Å². The van der Waals surface area contributed by atoms with Crippen molar-refractivity contribution >= 4 is 22.6 Å². The number of hydrogen-bond donors (Lipinski definition) is 1. The van der Waals surface area contributed by atoms with Crippen LogP contribution in [0.1, 0.15) is 11.1 Å². The molecule has 1 heterocycles. The second-order valence-corrected chi connectivity index (χ2v) is 5.61. The predicted octanol–water partition coefficient (Wildman–Crippen LogP) is 2.16. The second kappa shape index (κ2) is 6.05. The van der Waals surface area contributed by atoms with Crippen molar-refractivity contribution in [3.63, 3.8) is 0 Å². The number of rotatable bonds is 3. The minimum Gasteiger partial charge on any atom is -0.324 e. The van der Waals surface area contributed by atoms with Crippen molar-refractivity contribution in [1.29, 1.82) is 5.26 Å². The molecule has 6 nitrogen and oxygen atoms in total. The maximum Gasteiger partial charge on any atom is 0.329 e. The third kappa shape index (κ3) is 2.68. The Labute approximate surface area is 138 Å². The number of nitrogens with one attached hydrogen (secondary N) is 1. The zero-order valence-corrected chi connectivity index (χ0v) is 13.4. The average Bonchev–Trinajstić information content (AvgIpc) is 2.82. The summed E-state index contributed by atoms with van der Waals surface area (Å²) in [7, 11) is 1.68. The summed E-state index contributed by atoms with van der Waals surface area (Å²) in [5.74, 6) is -0.313. The van der Waals surface area contributed by atoms with Crippen molar-refractivity contribution in [1.82, 2.24) is 9.13 Å². The summed E-state index contributed by atoms with van der Waals surface area (Å²) in [6.45, 7) is 1.76. The van der Waals surface area contributed by atoms with Gasteiger partial charge in [-0.25, -0.2) is 4.79 Å². The number of aryl methyl sites for hydroxylation is 2. The lowest BCUT2D eigenvalue weighted by atomic mass is 10.1. The topological polar surface area (TPSA) is 79.8 Å². The monoisotopic (exact) mass is 320 g/mol. The van der Waals surface area contributed by atoms with Crippen molar-refractivity contribution in [2.75, 3.05) is 5.32 Å². The lowest BCUT2D eigenvalue weighted by Gasteiger charge is -2.09. The Hall–Kier alpha value is -3.33. The molecule has 3 rings (SSSR count). The molecule has 0 fully saturated rings. The van der Waals surface area contributed by atoms with Crippen molar-refractivity contribution in [3.05, 3.63) is 64.1 Å². The van der Waals surface area contributed by atoms with Crippen LogP contribution in [0.15, 0.2) is 47.3 Å². The van der Waals surface area contributed by atoms with E-state index in [0.717, 1.165) is 11.1 Å². The number of aromatic nitrogens is 2. The van der Waals surface area contributed by atoms with E-state index in [0.29, 0.717) is 16.8 Å². The van der Waals surface area contributed by atoms with Gasteiger partial charge in [-0.3, -0.25) is 13.9 Å². The molecule has 6 heteroatoms. The number of amides is 1. The maximum absolute atomic E-state index is 12.4. The van der Waals surface area contributed by atoms with Gasteiger partial charge in [-0.15, -0.1) is 0 Å². The molecule has 0 bridgehead atoms. The van der Waals surface area contributed by atoms with E-state index in [1.807, 2.05) is 37.3 Å². The molecule has 2 aromatic carbocycles. The van der Waals surface area contributed by atoms with Crippen molar-refractivity contribution in [2.45, 2.75) is 13.5 Å². The zero-order chi connectivity index (χ0) is 17.3.